The highest BCUT2D eigenvalue weighted by molar-refractivity contribution is 6.34. The van der Waals surface area contributed by atoms with Crippen LogP contribution in [0.1, 0.15) is 43.4 Å². The minimum atomic E-state index is -1.31. The Hall–Kier alpha value is -4.24. The fraction of sp³-hybridized carbons (Fsp3) is 0.359. The quantitative estimate of drug-likeness (QED) is 0.227. The van der Waals surface area contributed by atoms with Gasteiger partial charge in [0.15, 0.2) is 0 Å². The molecule has 250 valence electrons. The first-order valence-electron chi connectivity index (χ1n) is 16.6. The topological polar surface area (TPSA) is 90.4 Å². The van der Waals surface area contributed by atoms with Crippen LogP contribution in [0.15, 0.2) is 110 Å². The number of hydrogen-bond donors (Lipinski definition) is 1. The Morgan fingerprint density at radius 2 is 1.62 bits per heavy atom. The molecule has 3 aromatic carbocycles. The van der Waals surface area contributed by atoms with Gasteiger partial charge in [-0.2, -0.15) is 0 Å². The molecule has 3 fully saturated rings. The zero-order valence-corrected chi connectivity index (χ0v) is 28.0. The maximum absolute atomic E-state index is 15.1. The smallest absolute Gasteiger partial charge is 0.253 e. The number of anilines is 1. The van der Waals surface area contributed by atoms with E-state index < -0.39 is 47.6 Å². The molecule has 1 spiro atoms. The molecule has 3 saturated heterocycles. The average Bonchev–Trinajstić information content (AvgIpc) is 3.72. The number of amides is 3. The molecule has 0 radical (unpaired) electrons. The molecule has 0 aliphatic carbocycles. The first-order valence-corrected chi connectivity index (χ1v) is 16.9. The summed E-state index contributed by atoms with van der Waals surface area (Å²) in [6, 6.07) is 23.9. The van der Waals surface area contributed by atoms with E-state index in [-0.39, 0.29) is 24.9 Å². The summed E-state index contributed by atoms with van der Waals surface area (Å²) in [5.74, 6) is -2.76. The number of para-hydroxylation sites is 1. The summed E-state index contributed by atoms with van der Waals surface area (Å²) < 4.78 is 7.07. The Bertz CT molecular complexity index is 1690. The lowest BCUT2D eigenvalue weighted by Gasteiger charge is -2.40. The predicted octanol–water partition coefficient (Wildman–Crippen LogP) is 5.96. The molecule has 2 bridgehead atoms. The van der Waals surface area contributed by atoms with Gasteiger partial charge in [0.05, 0.1) is 40.8 Å². The summed E-state index contributed by atoms with van der Waals surface area (Å²) in [6.07, 6.45) is 4.71. The van der Waals surface area contributed by atoms with Crippen molar-refractivity contribution < 1.29 is 24.2 Å². The summed E-state index contributed by atoms with van der Waals surface area (Å²) >= 11 is 6.65. The molecule has 0 aromatic heterocycles. The standard InChI is InChI=1S/C39H42ClN3O5/c1-4-23-41(25-27-15-9-7-10-16-27)35(45)32-33-36(46)43(31(26-44)28-17-11-8-12-18-28)34(39(33)22-21-38(32,6-3)48-39)37(47)42(24-5-2)30-20-14-13-19-29(30)40/h4-5,7-20,31-34,44H,1-2,6,21-26H2,3H3/t31-,32+,33+,34?,38-,39?/m1/s1. The van der Waals surface area contributed by atoms with Crippen LogP contribution >= 0.6 is 11.6 Å². The van der Waals surface area contributed by atoms with Gasteiger partial charge in [0, 0.05) is 19.6 Å². The highest BCUT2D eigenvalue weighted by Gasteiger charge is 2.79. The van der Waals surface area contributed by atoms with Gasteiger partial charge in [0.1, 0.15) is 11.6 Å². The molecule has 3 amide bonds. The lowest BCUT2D eigenvalue weighted by molar-refractivity contribution is -0.154. The van der Waals surface area contributed by atoms with Crippen LogP contribution in [0.25, 0.3) is 0 Å². The first kappa shape index (κ1) is 33.7. The second kappa shape index (κ2) is 13.7. The summed E-state index contributed by atoms with van der Waals surface area (Å²) in [6.45, 7) is 10.1. The van der Waals surface area contributed by atoms with Crippen molar-refractivity contribution in [3.05, 3.63) is 126 Å². The zero-order valence-electron chi connectivity index (χ0n) is 27.2. The Balaban J connectivity index is 1.50. The summed E-state index contributed by atoms with van der Waals surface area (Å²) in [5, 5.41) is 11.3. The summed E-state index contributed by atoms with van der Waals surface area (Å²) in [4.78, 5) is 49.8. The number of benzene rings is 3. The first-order chi connectivity index (χ1) is 23.3. The molecule has 48 heavy (non-hydrogen) atoms. The highest BCUT2D eigenvalue weighted by atomic mass is 35.5. The van der Waals surface area contributed by atoms with Gasteiger partial charge in [0.2, 0.25) is 11.8 Å². The maximum Gasteiger partial charge on any atom is 0.253 e. The van der Waals surface area contributed by atoms with E-state index in [2.05, 4.69) is 13.2 Å². The lowest BCUT2D eigenvalue weighted by Crippen LogP contribution is -2.57. The third-order valence-corrected chi connectivity index (χ3v) is 10.7. The minimum absolute atomic E-state index is 0.127. The largest absolute Gasteiger partial charge is 0.394 e. The van der Waals surface area contributed by atoms with Crippen molar-refractivity contribution in [2.75, 3.05) is 24.6 Å². The van der Waals surface area contributed by atoms with Crippen LogP contribution in [-0.2, 0) is 25.7 Å². The van der Waals surface area contributed by atoms with E-state index in [4.69, 9.17) is 16.3 Å². The fourth-order valence-corrected chi connectivity index (χ4v) is 8.56. The summed E-state index contributed by atoms with van der Waals surface area (Å²) in [5.41, 5.74) is -0.140. The van der Waals surface area contributed by atoms with Crippen LogP contribution in [0, 0.1) is 11.8 Å². The van der Waals surface area contributed by atoms with Gasteiger partial charge < -0.3 is 24.5 Å². The third kappa shape index (κ3) is 5.46. The molecule has 1 N–H and O–H groups in total. The van der Waals surface area contributed by atoms with E-state index in [1.807, 2.05) is 67.6 Å². The Labute approximate surface area is 287 Å². The molecule has 0 saturated carbocycles. The molecule has 6 rings (SSSR count). The average molecular weight is 668 g/mol. The van der Waals surface area contributed by atoms with Crippen molar-refractivity contribution in [2.24, 2.45) is 11.8 Å². The molecular formula is C39H42ClN3O5. The Kier molecular flexibility index (Phi) is 9.61. The van der Waals surface area contributed by atoms with E-state index in [1.54, 1.807) is 41.3 Å². The SMILES string of the molecule is C=CCN(Cc1ccccc1)C(=O)[C@@H]1[C@H]2C(=O)N([C@H](CO)c3ccccc3)C(C(=O)N(CC=C)c3ccccc3Cl)C23CC[C@@]1(CC)O3. The maximum atomic E-state index is 15.1. The number of fused-ring (bicyclic) bond motifs is 1. The number of ether oxygens (including phenoxy) is 1. The van der Waals surface area contributed by atoms with E-state index in [1.165, 1.54) is 9.80 Å². The predicted molar refractivity (Wildman–Crippen MR) is 186 cm³/mol. The van der Waals surface area contributed by atoms with Crippen LogP contribution in [0.4, 0.5) is 5.69 Å². The van der Waals surface area contributed by atoms with E-state index >= 15 is 9.59 Å². The van der Waals surface area contributed by atoms with Gasteiger partial charge in [-0.3, -0.25) is 14.4 Å². The van der Waals surface area contributed by atoms with Crippen molar-refractivity contribution in [3.63, 3.8) is 0 Å². The van der Waals surface area contributed by atoms with Crippen molar-refractivity contribution in [3.8, 4) is 0 Å². The highest BCUT2D eigenvalue weighted by Crippen LogP contribution is 2.65. The van der Waals surface area contributed by atoms with Crippen molar-refractivity contribution >= 4 is 35.0 Å². The Morgan fingerprint density at radius 3 is 2.25 bits per heavy atom. The van der Waals surface area contributed by atoms with E-state index in [0.29, 0.717) is 42.1 Å². The van der Waals surface area contributed by atoms with Crippen molar-refractivity contribution in [1.82, 2.24) is 9.80 Å². The number of halogens is 1. The van der Waals surface area contributed by atoms with Crippen LogP contribution < -0.4 is 4.90 Å². The second-order valence-corrected chi connectivity index (χ2v) is 13.3. The molecule has 3 aliphatic heterocycles. The van der Waals surface area contributed by atoms with Crippen molar-refractivity contribution in [2.45, 2.75) is 56.0 Å². The monoisotopic (exact) mass is 667 g/mol. The van der Waals surface area contributed by atoms with Gasteiger partial charge in [-0.15, -0.1) is 13.2 Å². The number of aliphatic hydroxyl groups excluding tert-OH is 1. The van der Waals surface area contributed by atoms with Crippen LogP contribution in [-0.4, -0.2) is 69.6 Å². The number of carbonyl (C=O) groups excluding carboxylic acids is 3. The molecular weight excluding hydrogens is 626 g/mol. The normalized spacial score (nSPS) is 26.2. The molecule has 6 atom stereocenters. The Morgan fingerprint density at radius 1 is 0.979 bits per heavy atom. The fourth-order valence-electron chi connectivity index (χ4n) is 8.32. The van der Waals surface area contributed by atoms with Crippen LogP contribution in [0.2, 0.25) is 5.02 Å². The molecule has 3 aliphatic rings. The number of hydrogen-bond acceptors (Lipinski definition) is 5. The molecule has 3 heterocycles. The molecule has 2 unspecified atom stereocenters. The number of aliphatic hydroxyl groups is 1. The van der Waals surface area contributed by atoms with Gasteiger partial charge in [-0.25, -0.2) is 0 Å². The zero-order chi connectivity index (χ0) is 34.1. The van der Waals surface area contributed by atoms with Gasteiger partial charge in [-0.1, -0.05) is 103 Å². The van der Waals surface area contributed by atoms with Gasteiger partial charge in [-0.05, 0) is 42.5 Å². The molecule has 3 aromatic rings. The van der Waals surface area contributed by atoms with Crippen molar-refractivity contribution in [1.29, 1.82) is 0 Å². The number of likely N-dealkylation sites (tertiary alicyclic amines) is 1. The van der Waals surface area contributed by atoms with Crippen LogP contribution in [0.5, 0.6) is 0 Å². The number of nitrogens with zero attached hydrogens (tertiary/aromatic N) is 3. The number of rotatable bonds is 13. The lowest BCUT2D eigenvalue weighted by atomic mass is 9.64. The minimum Gasteiger partial charge on any atom is -0.394 e. The molecule has 8 nitrogen and oxygen atoms in total. The number of carbonyl (C=O) groups is 3. The van der Waals surface area contributed by atoms with Crippen LogP contribution in [0.3, 0.4) is 0 Å². The van der Waals surface area contributed by atoms with Gasteiger partial charge >= 0.3 is 0 Å². The van der Waals surface area contributed by atoms with E-state index in [9.17, 15) is 9.90 Å². The van der Waals surface area contributed by atoms with E-state index in [0.717, 1.165) is 5.56 Å². The van der Waals surface area contributed by atoms with Gasteiger partial charge in [0.25, 0.3) is 5.91 Å². The summed E-state index contributed by atoms with van der Waals surface area (Å²) in [7, 11) is 0. The third-order valence-electron chi connectivity index (χ3n) is 10.4. The second-order valence-electron chi connectivity index (χ2n) is 12.9. The molecule has 9 heteroatoms.